The number of para-hydroxylation sites is 1. The van der Waals surface area contributed by atoms with E-state index in [0.29, 0.717) is 0 Å². The molecule has 0 saturated heterocycles. The van der Waals surface area contributed by atoms with Gasteiger partial charge in [-0.05, 0) is 30.5 Å². The molecule has 1 unspecified atom stereocenters. The van der Waals surface area contributed by atoms with Gasteiger partial charge >= 0.3 is 5.97 Å². The first-order valence-corrected chi connectivity index (χ1v) is 9.38. The van der Waals surface area contributed by atoms with Crippen LogP contribution in [0.15, 0.2) is 59.6 Å². The number of hydrogen-bond acceptors (Lipinski definition) is 3. The van der Waals surface area contributed by atoms with Crippen molar-refractivity contribution >= 4 is 28.6 Å². The number of carbonyl (C=O) groups is 1. The van der Waals surface area contributed by atoms with Crippen molar-refractivity contribution < 1.29 is 9.53 Å². The highest BCUT2D eigenvalue weighted by atomic mass is 32.2. The molecule has 3 nitrogen and oxygen atoms in total. The lowest BCUT2D eigenvalue weighted by atomic mass is 10.1. The molecule has 2 aromatic carbocycles. The van der Waals surface area contributed by atoms with E-state index < -0.39 is 0 Å². The van der Waals surface area contributed by atoms with Crippen LogP contribution in [0, 0.1) is 6.92 Å². The second kappa shape index (κ2) is 7.79. The molecule has 25 heavy (non-hydrogen) atoms. The van der Waals surface area contributed by atoms with E-state index in [-0.39, 0.29) is 11.2 Å². The summed E-state index contributed by atoms with van der Waals surface area (Å²) in [4.78, 5) is 13.1. The zero-order valence-corrected chi connectivity index (χ0v) is 15.7. The van der Waals surface area contributed by atoms with Gasteiger partial charge in [-0.3, -0.25) is 4.79 Å². The SMILES string of the molecule is CCC(Sc1cn(Cc2ccccc2C)c2ccccc12)C(=O)OC. The highest BCUT2D eigenvalue weighted by Gasteiger charge is 2.21. The number of aromatic nitrogens is 1. The van der Waals surface area contributed by atoms with Crippen molar-refractivity contribution in [1.82, 2.24) is 4.57 Å². The number of benzene rings is 2. The highest BCUT2D eigenvalue weighted by Crippen LogP contribution is 2.34. The lowest BCUT2D eigenvalue weighted by Crippen LogP contribution is -2.17. The van der Waals surface area contributed by atoms with Crippen LogP contribution < -0.4 is 0 Å². The largest absolute Gasteiger partial charge is 0.468 e. The van der Waals surface area contributed by atoms with Gasteiger partial charge in [-0.2, -0.15) is 0 Å². The molecule has 1 aromatic heterocycles. The average Bonchev–Trinajstić information content (AvgIpc) is 2.98. The van der Waals surface area contributed by atoms with Crippen LogP contribution in [0.25, 0.3) is 10.9 Å². The molecule has 0 bridgehead atoms. The molecular weight excluding hydrogens is 330 g/mol. The van der Waals surface area contributed by atoms with E-state index in [1.54, 1.807) is 11.8 Å². The third-order valence-corrected chi connectivity index (χ3v) is 5.85. The lowest BCUT2D eigenvalue weighted by molar-refractivity contribution is -0.140. The molecule has 0 aliphatic carbocycles. The van der Waals surface area contributed by atoms with Crippen LogP contribution in [0.2, 0.25) is 0 Å². The van der Waals surface area contributed by atoms with Gasteiger partial charge in [0.1, 0.15) is 5.25 Å². The molecule has 0 aliphatic heterocycles. The predicted molar refractivity (Wildman–Crippen MR) is 104 cm³/mol. The van der Waals surface area contributed by atoms with E-state index >= 15 is 0 Å². The fraction of sp³-hybridized carbons (Fsp3) is 0.286. The third-order valence-electron chi connectivity index (χ3n) is 4.46. The van der Waals surface area contributed by atoms with E-state index in [1.165, 1.54) is 29.1 Å². The monoisotopic (exact) mass is 353 g/mol. The minimum atomic E-state index is -0.178. The van der Waals surface area contributed by atoms with Gasteiger partial charge in [0.15, 0.2) is 0 Å². The maximum atomic E-state index is 12.0. The van der Waals surface area contributed by atoms with Crippen LogP contribution in [0.1, 0.15) is 24.5 Å². The fourth-order valence-corrected chi connectivity index (χ4v) is 4.14. The molecule has 3 rings (SSSR count). The summed E-state index contributed by atoms with van der Waals surface area (Å²) in [6.07, 6.45) is 2.90. The number of esters is 1. The first-order valence-electron chi connectivity index (χ1n) is 8.51. The summed E-state index contributed by atoms with van der Waals surface area (Å²) in [6.45, 7) is 4.98. The Morgan fingerprint density at radius 2 is 1.88 bits per heavy atom. The number of rotatable bonds is 6. The van der Waals surface area contributed by atoms with Crippen molar-refractivity contribution in [1.29, 1.82) is 0 Å². The number of nitrogens with zero attached hydrogens (tertiary/aromatic N) is 1. The van der Waals surface area contributed by atoms with Crippen molar-refractivity contribution in [2.24, 2.45) is 0 Å². The maximum absolute atomic E-state index is 12.0. The van der Waals surface area contributed by atoms with Gasteiger partial charge in [-0.15, -0.1) is 11.8 Å². The molecule has 0 fully saturated rings. The Balaban J connectivity index is 1.98. The summed E-state index contributed by atoms with van der Waals surface area (Å²) in [6, 6.07) is 16.8. The van der Waals surface area contributed by atoms with Crippen LogP contribution in [0.3, 0.4) is 0 Å². The second-order valence-electron chi connectivity index (χ2n) is 6.10. The Hall–Kier alpha value is -2.20. The van der Waals surface area contributed by atoms with Gasteiger partial charge in [0, 0.05) is 28.5 Å². The number of carbonyl (C=O) groups excluding carboxylic acids is 1. The standard InChI is InChI=1S/C21H23NO2S/c1-4-19(21(23)24-3)25-20-14-22(18-12-8-7-11-17(18)20)13-16-10-6-5-9-15(16)2/h5-12,14,19H,4,13H2,1-3H3. The van der Waals surface area contributed by atoms with Gasteiger partial charge in [-0.1, -0.05) is 49.4 Å². The highest BCUT2D eigenvalue weighted by molar-refractivity contribution is 8.00. The first kappa shape index (κ1) is 17.6. The fourth-order valence-electron chi connectivity index (χ4n) is 2.99. The Morgan fingerprint density at radius 1 is 1.16 bits per heavy atom. The van der Waals surface area contributed by atoms with E-state index in [1.807, 2.05) is 13.0 Å². The van der Waals surface area contributed by atoms with Gasteiger partial charge in [-0.25, -0.2) is 0 Å². The molecule has 0 saturated carbocycles. The lowest BCUT2D eigenvalue weighted by Gasteiger charge is -2.11. The molecule has 3 aromatic rings. The average molecular weight is 353 g/mol. The number of hydrogen-bond donors (Lipinski definition) is 0. The van der Waals surface area contributed by atoms with Gasteiger partial charge in [0.05, 0.1) is 7.11 Å². The van der Waals surface area contributed by atoms with Crippen molar-refractivity contribution in [3.8, 4) is 0 Å². The van der Waals surface area contributed by atoms with E-state index in [9.17, 15) is 4.79 Å². The summed E-state index contributed by atoms with van der Waals surface area (Å²) >= 11 is 1.59. The third kappa shape index (κ3) is 3.74. The van der Waals surface area contributed by atoms with Crippen molar-refractivity contribution in [3.63, 3.8) is 0 Å². The molecule has 0 radical (unpaired) electrons. The molecule has 0 spiro atoms. The van der Waals surface area contributed by atoms with E-state index in [4.69, 9.17) is 4.74 Å². The van der Waals surface area contributed by atoms with Crippen LogP contribution in [-0.4, -0.2) is 22.9 Å². The van der Waals surface area contributed by atoms with Crippen LogP contribution >= 0.6 is 11.8 Å². The Morgan fingerprint density at radius 3 is 2.60 bits per heavy atom. The molecule has 130 valence electrons. The molecule has 1 atom stereocenters. The molecule has 1 heterocycles. The summed E-state index contributed by atoms with van der Waals surface area (Å²) < 4.78 is 7.21. The zero-order chi connectivity index (χ0) is 17.8. The summed E-state index contributed by atoms with van der Waals surface area (Å²) in [5.41, 5.74) is 3.78. The van der Waals surface area contributed by atoms with Crippen molar-refractivity contribution in [2.45, 2.75) is 37.0 Å². The number of methoxy groups -OCH3 is 1. The van der Waals surface area contributed by atoms with Gasteiger partial charge in [0.25, 0.3) is 0 Å². The predicted octanol–water partition coefficient (Wildman–Crippen LogP) is 5.04. The zero-order valence-electron chi connectivity index (χ0n) is 14.9. The smallest absolute Gasteiger partial charge is 0.319 e. The topological polar surface area (TPSA) is 31.2 Å². The summed E-state index contributed by atoms with van der Waals surface area (Å²) in [5, 5.41) is 1.01. The van der Waals surface area contributed by atoms with E-state index in [0.717, 1.165) is 17.9 Å². The molecule has 0 aliphatic rings. The number of fused-ring (bicyclic) bond motifs is 1. The minimum Gasteiger partial charge on any atom is -0.468 e. The van der Waals surface area contributed by atoms with Crippen molar-refractivity contribution in [2.75, 3.05) is 7.11 Å². The Bertz CT molecular complexity index is 884. The number of aryl methyl sites for hydroxylation is 1. The Labute approximate surface area is 153 Å². The second-order valence-corrected chi connectivity index (χ2v) is 7.35. The summed E-state index contributed by atoms with van der Waals surface area (Å²) in [7, 11) is 1.45. The van der Waals surface area contributed by atoms with Crippen LogP contribution in [0.5, 0.6) is 0 Å². The Kier molecular flexibility index (Phi) is 5.49. The van der Waals surface area contributed by atoms with Gasteiger partial charge < -0.3 is 9.30 Å². The molecule has 0 N–H and O–H groups in total. The quantitative estimate of drug-likeness (QED) is 0.459. The molecular formula is C21H23NO2S. The number of ether oxygens (including phenoxy) is 1. The van der Waals surface area contributed by atoms with Crippen molar-refractivity contribution in [3.05, 3.63) is 65.9 Å². The normalized spacial score (nSPS) is 12.3. The first-order chi connectivity index (χ1) is 12.1. The minimum absolute atomic E-state index is 0.164. The summed E-state index contributed by atoms with van der Waals surface area (Å²) in [5.74, 6) is -0.164. The van der Waals surface area contributed by atoms with Crippen LogP contribution in [-0.2, 0) is 16.1 Å². The number of thioether (sulfide) groups is 1. The molecule has 0 amide bonds. The van der Waals surface area contributed by atoms with E-state index in [2.05, 4.69) is 60.2 Å². The molecule has 4 heteroatoms. The maximum Gasteiger partial charge on any atom is 0.319 e. The van der Waals surface area contributed by atoms with Gasteiger partial charge in [0.2, 0.25) is 0 Å². The van der Waals surface area contributed by atoms with Crippen LogP contribution in [0.4, 0.5) is 0 Å².